The highest BCUT2D eigenvalue weighted by atomic mass is 16.4. The van der Waals surface area contributed by atoms with Crippen molar-refractivity contribution < 1.29 is 14.3 Å². The van der Waals surface area contributed by atoms with E-state index in [1.807, 2.05) is 14.1 Å². The standard InChI is InChI=1S/C11H18N2O3/c1-8(6-13(2)3)12-5-10-4-9(7-16-10)11(14)15/h4,7-8,12H,5-6H2,1-3H3,(H,14,15). The van der Waals surface area contributed by atoms with Gasteiger partial charge < -0.3 is 19.7 Å². The van der Waals surface area contributed by atoms with Crippen LogP contribution in [0.2, 0.25) is 0 Å². The van der Waals surface area contributed by atoms with Gasteiger partial charge in [-0.2, -0.15) is 0 Å². The summed E-state index contributed by atoms with van der Waals surface area (Å²) in [7, 11) is 4.02. The third kappa shape index (κ3) is 4.04. The highest BCUT2D eigenvalue weighted by Gasteiger charge is 2.09. The minimum absolute atomic E-state index is 0.192. The molecule has 0 fully saturated rings. The van der Waals surface area contributed by atoms with Crippen LogP contribution in [0, 0.1) is 0 Å². The summed E-state index contributed by atoms with van der Waals surface area (Å²) < 4.78 is 5.12. The fourth-order valence-corrected chi connectivity index (χ4v) is 1.47. The molecule has 1 aromatic rings. The molecule has 5 heteroatoms. The van der Waals surface area contributed by atoms with Gasteiger partial charge in [0.15, 0.2) is 0 Å². The average Bonchev–Trinajstić information content (AvgIpc) is 2.61. The molecule has 90 valence electrons. The number of likely N-dealkylation sites (N-methyl/N-ethyl adjacent to an activating group) is 1. The molecule has 16 heavy (non-hydrogen) atoms. The highest BCUT2D eigenvalue weighted by Crippen LogP contribution is 2.07. The number of furan rings is 1. The van der Waals surface area contributed by atoms with Crippen molar-refractivity contribution in [3.8, 4) is 0 Å². The molecule has 1 rings (SSSR count). The summed E-state index contributed by atoms with van der Waals surface area (Å²) in [5, 5.41) is 12.0. The molecule has 1 atom stereocenters. The Morgan fingerprint density at radius 1 is 1.62 bits per heavy atom. The fourth-order valence-electron chi connectivity index (χ4n) is 1.47. The van der Waals surface area contributed by atoms with Crippen LogP contribution in [0.5, 0.6) is 0 Å². The predicted octanol–water partition coefficient (Wildman–Crippen LogP) is 1.02. The Balaban J connectivity index is 2.39. The first-order valence-electron chi connectivity index (χ1n) is 5.18. The number of nitrogens with zero attached hydrogens (tertiary/aromatic N) is 1. The number of nitrogens with one attached hydrogen (secondary N) is 1. The number of hydrogen-bond donors (Lipinski definition) is 2. The van der Waals surface area contributed by atoms with Crippen LogP contribution in [0.3, 0.4) is 0 Å². The second-order valence-corrected chi connectivity index (χ2v) is 4.15. The molecule has 0 amide bonds. The van der Waals surface area contributed by atoms with E-state index in [0.29, 0.717) is 18.3 Å². The number of carboxylic acid groups (broad SMARTS) is 1. The van der Waals surface area contributed by atoms with Crippen LogP contribution in [0.15, 0.2) is 16.7 Å². The van der Waals surface area contributed by atoms with Gasteiger partial charge >= 0.3 is 5.97 Å². The Bertz CT molecular complexity index is 347. The van der Waals surface area contributed by atoms with Crippen molar-refractivity contribution in [1.82, 2.24) is 10.2 Å². The van der Waals surface area contributed by atoms with Crippen molar-refractivity contribution in [2.45, 2.75) is 19.5 Å². The Morgan fingerprint density at radius 2 is 2.31 bits per heavy atom. The van der Waals surface area contributed by atoms with Gasteiger partial charge in [-0.3, -0.25) is 0 Å². The third-order valence-electron chi connectivity index (χ3n) is 2.16. The van der Waals surface area contributed by atoms with Crippen LogP contribution in [-0.4, -0.2) is 42.7 Å². The van der Waals surface area contributed by atoms with Crippen molar-refractivity contribution in [2.75, 3.05) is 20.6 Å². The van der Waals surface area contributed by atoms with Crippen molar-refractivity contribution >= 4 is 5.97 Å². The van der Waals surface area contributed by atoms with Crippen molar-refractivity contribution in [2.24, 2.45) is 0 Å². The molecule has 0 saturated heterocycles. The van der Waals surface area contributed by atoms with Gasteiger partial charge in [0.2, 0.25) is 0 Å². The smallest absolute Gasteiger partial charge is 0.338 e. The van der Waals surface area contributed by atoms with E-state index in [1.165, 1.54) is 12.3 Å². The maximum absolute atomic E-state index is 10.6. The van der Waals surface area contributed by atoms with E-state index in [4.69, 9.17) is 9.52 Å². The molecule has 0 aliphatic rings. The fraction of sp³-hybridized carbons (Fsp3) is 0.545. The monoisotopic (exact) mass is 226 g/mol. The largest absolute Gasteiger partial charge is 0.478 e. The van der Waals surface area contributed by atoms with Gasteiger partial charge in [-0.15, -0.1) is 0 Å². The zero-order valence-electron chi connectivity index (χ0n) is 9.86. The third-order valence-corrected chi connectivity index (χ3v) is 2.16. The van der Waals surface area contributed by atoms with Crippen LogP contribution < -0.4 is 5.32 Å². The lowest BCUT2D eigenvalue weighted by Gasteiger charge is -2.17. The van der Waals surface area contributed by atoms with Crippen LogP contribution in [-0.2, 0) is 6.54 Å². The molecular formula is C11H18N2O3. The lowest BCUT2D eigenvalue weighted by Crippen LogP contribution is -2.35. The first kappa shape index (κ1) is 12.7. The lowest BCUT2D eigenvalue weighted by atomic mass is 10.3. The Hall–Kier alpha value is -1.33. The number of carboxylic acids is 1. The molecular weight excluding hydrogens is 208 g/mol. The SMILES string of the molecule is CC(CN(C)C)NCc1cc(C(=O)O)co1. The van der Waals surface area contributed by atoms with E-state index in [2.05, 4.69) is 17.1 Å². The van der Waals surface area contributed by atoms with Crippen LogP contribution >= 0.6 is 0 Å². The summed E-state index contributed by atoms with van der Waals surface area (Å²) in [6.07, 6.45) is 1.26. The van der Waals surface area contributed by atoms with Gasteiger partial charge in [0.25, 0.3) is 0 Å². The normalized spacial score (nSPS) is 13.0. The molecule has 1 aromatic heterocycles. The average molecular weight is 226 g/mol. The highest BCUT2D eigenvalue weighted by molar-refractivity contribution is 5.87. The van der Waals surface area contributed by atoms with Gasteiger partial charge in [-0.1, -0.05) is 0 Å². The van der Waals surface area contributed by atoms with E-state index >= 15 is 0 Å². The quantitative estimate of drug-likeness (QED) is 0.758. The zero-order valence-corrected chi connectivity index (χ0v) is 9.86. The van der Waals surface area contributed by atoms with E-state index in [1.54, 1.807) is 0 Å². The zero-order chi connectivity index (χ0) is 12.1. The van der Waals surface area contributed by atoms with Gasteiger partial charge in [-0.05, 0) is 27.1 Å². The molecule has 0 saturated carbocycles. The molecule has 5 nitrogen and oxygen atoms in total. The topological polar surface area (TPSA) is 65.7 Å². The maximum atomic E-state index is 10.6. The number of rotatable bonds is 6. The predicted molar refractivity (Wildman–Crippen MR) is 60.5 cm³/mol. The minimum atomic E-state index is -0.962. The van der Waals surface area contributed by atoms with Crippen LogP contribution in [0.25, 0.3) is 0 Å². The first-order valence-corrected chi connectivity index (χ1v) is 5.18. The number of hydrogen-bond acceptors (Lipinski definition) is 4. The van der Waals surface area contributed by atoms with Crippen LogP contribution in [0.1, 0.15) is 23.0 Å². The second kappa shape index (κ2) is 5.67. The Kier molecular flexibility index (Phi) is 4.52. The Morgan fingerprint density at radius 3 is 2.81 bits per heavy atom. The lowest BCUT2D eigenvalue weighted by molar-refractivity contribution is 0.0696. The molecule has 0 spiro atoms. The summed E-state index contributed by atoms with van der Waals surface area (Å²) in [6, 6.07) is 1.87. The molecule has 0 radical (unpaired) electrons. The van der Waals surface area contributed by atoms with Crippen molar-refractivity contribution in [3.63, 3.8) is 0 Å². The van der Waals surface area contributed by atoms with Gasteiger partial charge in [-0.25, -0.2) is 4.79 Å². The number of aromatic carboxylic acids is 1. The van der Waals surface area contributed by atoms with Crippen molar-refractivity contribution in [3.05, 3.63) is 23.7 Å². The summed E-state index contributed by atoms with van der Waals surface area (Å²) in [5.41, 5.74) is 0.192. The maximum Gasteiger partial charge on any atom is 0.338 e. The summed E-state index contributed by atoms with van der Waals surface area (Å²) in [6.45, 7) is 3.54. The Labute approximate surface area is 95.0 Å². The number of carbonyl (C=O) groups is 1. The molecule has 0 bridgehead atoms. The second-order valence-electron chi connectivity index (χ2n) is 4.15. The molecule has 0 aliphatic heterocycles. The molecule has 1 unspecified atom stereocenters. The minimum Gasteiger partial charge on any atom is -0.478 e. The molecule has 1 heterocycles. The molecule has 0 aromatic carbocycles. The first-order chi connectivity index (χ1) is 7.49. The summed E-state index contributed by atoms with van der Waals surface area (Å²) >= 11 is 0. The summed E-state index contributed by atoms with van der Waals surface area (Å²) in [4.78, 5) is 12.7. The van der Waals surface area contributed by atoms with E-state index in [0.717, 1.165) is 6.54 Å². The van der Waals surface area contributed by atoms with Crippen molar-refractivity contribution in [1.29, 1.82) is 0 Å². The van der Waals surface area contributed by atoms with Gasteiger partial charge in [0, 0.05) is 12.6 Å². The van der Waals surface area contributed by atoms with Gasteiger partial charge in [0.1, 0.15) is 12.0 Å². The molecule has 0 aliphatic carbocycles. The summed E-state index contributed by atoms with van der Waals surface area (Å²) in [5.74, 6) is -0.320. The van der Waals surface area contributed by atoms with Crippen LogP contribution in [0.4, 0.5) is 0 Å². The van der Waals surface area contributed by atoms with E-state index in [9.17, 15) is 4.79 Å². The van der Waals surface area contributed by atoms with E-state index in [-0.39, 0.29) is 5.56 Å². The van der Waals surface area contributed by atoms with Gasteiger partial charge in [0.05, 0.1) is 12.1 Å². The molecule has 2 N–H and O–H groups in total. The van der Waals surface area contributed by atoms with E-state index < -0.39 is 5.97 Å².